The summed E-state index contributed by atoms with van der Waals surface area (Å²) in [4.78, 5) is 14.4. The summed E-state index contributed by atoms with van der Waals surface area (Å²) < 4.78 is 5.08. The summed E-state index contributed by atoms with van der Waals surface area (Å²) in [5.74, 6) is 0.711. The standard InChI is InChI=1S/C13H26N2O2/c1-11(2)9-15(7-8-17-3)12(16)13(10-14)5-4-6-13/h11H,4-10,14H2,1-3H3. The molecule has 0 spiro atoms. The van der Waals surface area contributed by atoms with Crippen molar-refractivity contribution in [1.82, 2.24) is 4.90 Å². The Labute approximate surface area is 104 Å². The zero-order valence-corrected chi connectivity index (χ0v) is 11.4. The second-order valence-corrected chi connectivity index (χ2v) is 5.48. The number of amides is 1. The number of carbonyl (C=O) groups is 1. The fourth-order valence-electron chi connectivity index (χ4n) is 2.36. The van der Waals surface area contributed by atoms with E-state index in [2.05, 4.69) is 13.8 Å². The monoisotopic (exact) mass is 242 g/mol. The number of hydrogen-bond acceptors (Lipinski definition) is 3. The molecule has 1 aliphatic carbocycles. The zero-order valence-electron chi connectivity index (χ0n) is 11.4. The SMILES string of the molecule is COCCN(CC(C)C)C(=O)C1(CN)CCC1. The van der Waals surface area contributed by atoms with Crippen LogP contribution in [0.25, 0.3) is 0 Å². The Kier molecular flexibility index (Phi) is 5.40. The summed E-state index contributed by atoms with van der Waals surface area (Å²) in [5, 5.41) is 0. The molecule has 0 aromatic heterocycles. The maximum absolute atomic E-state index is 12.5. The van der Waals surface area contributed by atoms with Gasteiger partial charge in [0.1, 0.15) is 0 Å². The van der Waals surface area contributed by atoms with E-state index in [-0.39, 0.29) is 11.3 Å². The summed E-state index contributed by atoms with van der Waals surface area (Å²) in [6.45, 7) is 6.80. The molecular formula is C13H26N2O2. The van der Waals surface area contributed by atoms with Crippen LogP contribution in [-0.2, 0) is 9.53 Å². The van der Waals surface area contributed by atoms with Gasteiger partial charge >= 0.3 is 0 Å². The Bertz CT molecular complexity index is 244. The molecule has 1 saturated carbocycles. The van der Waals surface area contributed by atoms with Gasteiger partial charge in [0.05, 0.1) is 12.0 Å². The molecule has 4 heteroatoms. The van der Waals surface area contributed by atoms with Crippen molar-refractivity contribution in [1.29, 1.82) is 0 Å². The highest BCUT2D eigenvalue weighted by molar-refractivity contribution is 5.84. The molecule has 0 aliphatic heterocycles. The Morgan fingerprint density at radius 2 is 2.12 bits per heavy atom. The minimum Gasteiger partial charge on any atom is -0.383 e. The molecule has 0 bridgehead atoms. The van der Waals surface area contributed by atoms with Gasteiger partial charge in [0.15, 0.2) is 0 Å². The third-order valence-electron chi connectivity index (χ3n) is 3.59. The number of carbonyl (C=O) groups excluding carboxylic acids is 1. The molecule has 1 fully saturated rings. The maximum atomic E-state index is 12.5. The lowest BCUT2D eigenvalue weighted by atomic mass is 9.67. The van der Waals surface area contributed by atoms with Crippen LogP contribution in [0, 0.1) is 11.3 Å². The summed E-state index contributed by atoms with van der Waals surface area (Å²) in [5.41, 5.74) is 5.53. The topological polar surface area (TPSA) is 55.6 Å². The molecule has 0 unspecified atom stereocenters. The molecule has 4 nitrogen and oxygen atoms in total. The minimum absolute atomic E-state index is 0.233. The van der Waals surface area contributed by atoms with Gasteiger partial charge in [-0.2, -0.15) is 0 Å². The molecule has 1 rings (SSSR count). The molecule has 100 valence electrons. The third-order valence-corrected chi connectivity index (χ3v) is 3.59. The lowest BCUT2D eigenvalue weighted by Gasteiger charge is -2.43. The van der Waals surface area contributed by atoms with Crippen LogP contribution in [0.15, 0.2) is 0 Å². The van der Waals surface area contributed by atoms with Crippen LogP contribution in [0.4, 0.5) is 0 Å². The molecule has 1 amide bonds. The highest BCUT2D eigenvalue weighted by atomic mass is 16.5. The van der Waals surface area contributed by atoms with Gasteiger partial charge in [-0.05, 0) is 18.8 Å². The van der Waals surface area contributed by atoms with E-state index >= 15 is 0 Å². The van der Waals surface area contributed by atoms with Crippen molar-refractivity contribution >= 4 is 5.91 Å². The predicted molar refractivity (Wildman–Crippen MR) is 68.6 cm³/mol. The number of nitrogens with zero attached hydrogens (tertiary/aromatic N) is 1. The number of hydrogen-bond donors (Lipinski definition) is 1. The van der Waals surface area contributed by atoms with Gasteiger partial charge in [-0.25, -0.2) is 0 Å². The van der Waals surface area contributed by atoms with Crippen LogP contribution in [0.2, 0.25) is 0 Å². The van der Waals surface area contributed by atoms with E-state index in [1.165, 1.54) is 0 Å². The van der Waals surface area contributed by atoms with Crippen molar-refractivity contribution in [3.63, 3.8) is 0 Å². The van der Waals surface area contributed by atoms with Crippen LogP contribution in [0.1, 0.15) is 33.1 Å². The first-order valence-electron chi connectivity index (χ1n) is 6.54. The molecule has 0 aromatic rings. The molecule has 0 atom stereocenters. The number of ether oxygens (including phenoxy) is 1. The minimum atomic E-state index is -0.261. The molecule has 0 aromatic carbocycles. The Morgan fingerprint density at radius 1 is 1.47 bits per heavy atom. The van der Waals surface area contributed by atoms with Crippen molar-refractivity contribution in [2.45, 2.75) is 33.1 Å². The van der Waals surface area contributed by atoms with Gasteiger partial charge in [-0.15, -0.1) is 0 Å². The van der Waals surface area contributed by atoms with E-state index in [1.54, 1.807) is 7.11 Å². The molecular weight excluding hydrogens is 216 g/mol. The number of methoxy groups -OCH3 is 1. The number of rotatable bonds is 7. The number of nitrogens with two attached hydrogens (primary N) is 1. The molecule has 0 heterocycles. The summed E-state index contributed by atoms with van der Waals surface area (Å²) in [6.07, 6.45) is 3.02. The van der Waals surface area contributed by atoms with Gasteiger partial charge in [0.25, 0.3) is 0 Å². The first-order valence-corrected chi connectivity index (χ1v) is 6.54. The highest BCUT2D eigenvalue weighted by Gasteiger charge is 2.44. The van der Waals surface area contributed by atoms with Crippen LogP contribution >= 0.6 is 0 Å². The third kappa shape index (κ3) is 3.42. The quantitative estimate of drug-likeness (QED) is 0.731. The average molecular weight is 242 g/mol. The lowest BCUT2D eigenvalue weighted by Crippen LogP contribution is -2.53. The van der Waals surface area contributed by atoms with E-state index in [0.29, 0.717) is 25.6 Å². The lowest BCUT2D eigenvalue weighted by molar-refractivity contribution is -0.147. The van der Waals surface area contributed by atoms with Gasteiger partial charge in [-0.3, -0.25) is 4.79 Å². The first-order chi connectivity index (χ1) is 8.05. The summed E-state index contributed by atoms with van der Waals surface area (Å²) in [7, 11) is 1.67. The summed E-state index contributed by atoms with van der Waals surface area (Å²) in [6, 6.07) is 0. The molecule has 0 radical (unpaired) electrons. The average Bonchev–Trinajstić information content (AvgIpc) is 2.22. The second kappa shape index (κ2) is 6.36. The van der Waals surface area contributed by atoms with E-state index in [0.717, 1.165) is 25.8 Å². The van der Waals surface area contributed by atoms with E-state index in [9.17, 15) is 4.79 Å². The first kappa shape index (κ1) is 14.5. The molecule has 2 N–H and O–H groups in total. The maximum Gasteiger partial charge on any atom is 0.230 e. The van der Waals surface area contributed by atoms with E-state index in [4.69, 9.17) is 10.5 Å². The summed E-state index contributed by atoms with van der Waals surface area (Å²) >= 11 is 0. The predicted octanol–water partition coefficient (Wildman–Crippen LogP) is 1.25. The second-order valence-electron chi connectivity index (χ2n) is 5.48. The molecule has 1 aliphatic rings. The normalized spacial score (nSPS) is 17.9. The fraction of sp³-hybridized carbons (Fsp3) is 0.923. The molecule has 0 saturated heterocycles. The fourth-order valence-corrected chi connectivity index (χ4v) is 2.36. The van der Waals surface area contributed by atoms with Crippen LogP contribution in [-0.4, -0.2) is 44.2 Å². The van der Waals surface area contributed by atoms with Gasteiger partial charge < -0.3 is 15.4 Å². The van der Waals surface area contributed by atoms with Crippen LogP contribution in [0.5, 0.6) is 0 Å². The van der Waals surface area contributed by atoms with Crippen molar-refractivity contribution in [2.24, 2.45) is 17.1 Å². The van der Waals surface area contributed by atoms with Gasteiger partial charge in [-0.1, -0.05) is 20.3 Å². The smallest absolute Gasteiger partial charge is 0.230 e. The molecule has 17 heavy (non-hydrogen) atoms. The van der Waals surface area contributed by atoms with E-state index in [1.807, 2.05) is 4.90 Å². The van der Waals surface area contributed by atoms with Gasteiger partial charge in [0.2, 0.25) is 5.91 Å². The van der Waals surface area contributed by atoms with Crippen molar-refractivity contribution in [2.75, 3.05) is 33.4 Å². The van der Waals surface area contributed by atoms with Crippen molar-refractivity contribution < 1.29 is 9.53 Å². The van der Waals surface area contributed by atoms with Crippen LogP contribution in [0.3, 0.4) is 0 Å². The van der Waals surface area contributed by atoms with Crippen LogP contribution < -0.4 is 5.73 Å². The van der Waals surface area contributed by atoms with E-state index < -0.39 is 0 Å². The Balaban J connectivity index is 2.64. The van der Waals surface area contributed by atoms with Gasteiger partial charge in [0, 0.05) is 26.7 Å². The highest BCUT2D eigenvalue weighted by Crippen LogP contribution is 2.41. The zero-order chi connectivity index (χ0) is 12.9. The van der Waals surface area contributed by atoms with Crippen molar-refractivity contribution in [3.8, 4) is 0 Å². The van der Waals surface area contributed by atoms with Crippen molar-refractivity contribution in [3.05, 3.63) is 0 Å². The Morgan fingerprint density at radius 3 is 2.47 bits per heavy atom. The largest absolute Gasteiger partial charge is 0.383 e. The Hall–Kier alpha value is -0.610.